The van der Waals surface area contributed by atoms with E-state index < -0.39 is 11.8 Å². The van der Waals surface area contributed by atoms with Crippen molar-refractivity contribution in [2.75, 3.05) is 12.4 Å². The summed E-state index contributed by atoms with van der Waals surface area (Å²) in [5, 5.41) is 15.7. The summed E-state index contributed by atoms with van der Waals surface area (Å²) in [5.74, 6) is -1.46. The Morgan fingerprint density at radius 3 is 2.64 bits per heavy atom. The van der Waals surface area contributed by atoms with Crippen molar-refractivity contribution in [1.82, 2.24) is 5.43 Å². The van der Waals surface area contributed by atoms with Crippen LogP contribution in [0.25, 0.3) is 0 Å². The number of halogens is 1. The number of carbonyl (C=O) groups excluding carboxylic acids is 2. The lowest BCUT2D eigenvalue weighted by Crippen LogP contribution is -2.32. The van der Waals surface area contributed by atoms with E-state index in [1.54, 1.807) is 18.2 Å². The summed E-state index contributed by atoms with van der Waals surface area (Å²) >= 11 is 3.33. The van der Waals surface area contributed by atoms with E-state index in [2.05, 4.69) is 31.8 Å². The summed E-state index contributed by atoms with van der Waals surface area (Å²) in [4.78, 5) is 23.7. The number of ether oxygens (including phenoxy) is 1. The lowest BCUT2D eigenvalue weighted by Gasteiger charge is -2.07. The standard InChI is InChI=1S/C17H16BrN3O4/c1-10-7-12(18)4-5-13(10)20-16(23)17(24)21-19-9-11-3-6-14(22)15(8-11)25-2/h3-9,22H,1-2H3,(H,20,23)(H,21,24)/b19-9+. The Hall–Kier alpha value is -2.87. The van der Waals surface area contributed by atoms with Gasteiger partial charge in [-0.3, -0.25) is 9.59 Å². The molecule has 0 aliphatic carbocycles. The van der Waals surface area contributed by atoms with Crippen molar-refractivity contribution in [2.24, 2.45) is 5.10 Å². The van der Waals surface area contributed by atoms with E-state index in [1.165, 1.54) is 25.5 Å². The maximum absolute atomic E-state index is 11.9. The van der Waals surface area contributed by atoms with Crippen molar-refractivity contribution in [3.8, 4) is 11.5 Å². The van der Waals surface area contributed by atoms with Crippen LogP contribution in [0.4, 0.5) is 5.69 Å². The zero-order valence-electron chi connectivity index (χ0n) is 13.5. The molecule has 0 saturated heterocycles. The van der Waals surface area contributed by atoms with Crippen LogP contribution >= 0.6 is 15.9 Å². The quantitative estimate of drug-likeness (QED) is 0.413. The van der Waals surface area contributed by atoms with Gasteiger partial charge in [0.2, 0.25) is 0 Å². The summed E-state index contributed by atoms with van der Waals surface area (Å²) in [6.07, 6.45) is 1.33. The number of methoxy groups -OCH3 is 1. The Morgan fingerprint density at radius 1 is 1.20 bits per heavy atom. The van der Waals surface area contributed by atoms with Gasteiger partial charge in [0, 0.05) is 10.2 Å². The van der Waals surface area contributed by atoms with E-state index in [0.717, 1.165) is 10.0 Å². The first-order valence-electron chi connectivity index (χ1n) is 7.18. The highest BCUT2D eigenvalue weighted by atomic mass is 79.9. The van der Waals surface area contributed by atoms with Gasteiger partial charge >= 0.3 is 11.8 Å². The lowest BCUT2D eigenvalue weighted by molar-refractivity contribution is -0.136. The van der Waals surface area contributed by atoms with E-state index in [9.17, 15) is 14.7 Å². The van der Waals surface area contributed by atoms with Crippen molar-refractivity contribution >= 4 is 39.6 Å². The molecule has 0 fully saturated rings. The van der Waals surface area contributed by atoms with Crippen molar-refractivity contribution in [2.45, 2.75) is 6.92 Å². The summed E-state index contributed by atoms with van der Waals surface area (Å²) < 4.78 is 5.85. The third-order valence-corrected chi connectivity index (χ3v) is 3.72. The van der Waals surface area contributed by atoms with Gasteiger partial charge in [-0.1, -0.05) is 15.9 Å². The predicted molar refractivity (Wildman–Crippen MR) is 97.9 cm³/mol. The second kappa shape index (κ2) is 8.29. The van der Waals surface area contributed by atoms with Gasteiger partial charge < -0.3 is 15.2 Å². The maximum atomic E-state index is 11.9. The van der Waals surface area contributed by atoms with Gasteiger partial charge in [0.15, 0.2) is 11.5 Å². The van der Waals surface area contributed by atoms with Gasteiger partial charge in [-0.2, -0.15) is 5.10 Å². The molecule has 2 aromatic rings. The molecule has 0 spiro atoms. The number of anilines is 1. The number of hydrogen-bond donors (Lipinski definition) is 3. The average Bonchev–Trinajstić information content (AvgIpc) is 2.58. The zero-order chi connectivity index (χ0) is 18.4. The average molecular weight is 406 g/mol. The molecule has 0 atom stereocenters. The number of phenolic OH excluding ortho intramolecular Hbond substituents is 1. The molecule has 0 bridgehead atoms. The second-order valence-electron chi connectivity index (χ2n) is 5.04. The molecular formula is C17H16BrN3O4. The SMILES string of the molecule is COc1cc(/C=N/NC(=O)C(=O)Nc2ccc(Br)cc2C)ccc1O. The van der Waals surface area contributed by atoms with Gasteiger partial charge in [-0.25, -0.2) is 5.43 Å². The van der Waals surface area contributed by atoms with Crippen LogP contribution in [0.3, 0.4) is 0 Å². The molecular weight excluding hydrogens is 390 g/mol. The second-order valence-corrected chi connectivity index (χ2v) is 5.96. The van der Waals surface area contributed by atoms with Crippen molar-refractivity contribution < 1.29 is 19.4 Å². The summed E-state index contributed by atoms with van der Waals surface area (Å²) in [5.41, 5.74) is 4.08. The predicted octanol–water partition coefficient (Wildman–Crippen LogP) is 2.56. The number of aromatic hydroxyl groups is 1. The fourth-order valence-corrected chi connectivity index (χ4v) is 2.41. The van der Waals surface area contributed by atoms with Gasteiger partial charge in [-0.15, -0.1) is 0 Å². The normalized spacial score (nSPS) is 10.5. The van der Waals surface area contributed by atoms with Crippen LogP contribution in [-0.2, 0) is 9.59 Å². The molecule has 0 unspecified atom stereocenters. The highest BCUT2D eigenvalue weighted by Gasteiger charge is 2.14. The molecule has 2 rings (SSSR count). The lowest BCUT2D eigenvalue weighted by atomic mass is 10.2. The number of hydrogen-bond acceptors (Lipinski definition) is 5. The third-order valence-electron chi connectivity index (χ3n) is 3.23. The largest absolute Gasteiger partial charge is 0.504 e. The van der Waals surface area contributed by atoms with E-state index in [-0.39, 0.29) is 11.5 Å². The van der Waals surface area contributed by atoms with Crippen LogP contribution in [0, 0.1) is 6.92 Å². The Morgan fingerprint density at radius 2 is 1.96 bits per heavy atom. The van der Waals surface area contributed by atoms with Crippen LogP contribution < -0.4 is 15.5 Å². The molecule has 130 valence electrons. The van der Waals surface area contributed by atoms with Gasteiger partial charge in [-0.05, 0) is 54.4 Å². The topological polar surface area (TPSA) is 100 Å². The Balaban J connectivity index is 1.96. The summed E-state index contributed by atoms with van der Waals surface area (Å²) in [6.45, 7) is 1.81. The van der Waals surface area contributed by atoms with E-state index >= 15 is 0 Å². The molecule has 7 nitrogen and oxygen atoms in total. The number of benzene rings is 2. The van der Waals surface area contributed by atoms with Gasteiger partial charge in [0.25, 0.3) is 0 Å². The van der Waals surface area contributed by atoms with Crippen LogP contribution in [0.2, 0.25) is 0 Å². The fourth-order valence-electron chi connectivity index (χ4n) is 1.94. The Bertz CT molecular complexity index is 837. The molecule has 3 N–H and O–H groups in total. The van der Waals surface area contributed by atoms with Gasteiger partial charge in [0.05, 0.1) is 13.3 Å². The monoisotopic (exact) mass is 405 g/mol. The summed E-state index contributed by atoms with van der Waals surface area (Å²) in [6, 6.07) is 9.83. The van der Waals surface area contributed by atoms with Crippen molar-refractivity contribution in [3.63, 3.8) is 0 Å². The first-order valence-corrected chi connectivity index (χ1v) is 7.97. The maximum Gasteiger partial charge on any atom is 0.329 e. The fraction of sp³-hybridized carbons (Fsp3) is 0.118. The Kier molecular flexibility index (Phi) is 6.13. The first-order chi connectivity index (χ1) is 11.9. The number of amides is 2. The molecule has 25 heavy (non-hydrogen) atoms. The molecule has 8 heteroatoms. The molecule has 0 radical (unpaired) electrons. The number of carbonyl (C=O) groups is 2. The highest BCUT2D eigenvalue weighted by Crippen LogP contribution is 2.25. The van der Waals surface area contributed by atoms with Crippen molar-refractivity contribution in [3.05, 3.63) is 52.0 Å². The van der Waals surface area contributed by atoms with E-state index in [4.69, 9.17) is 4.74 Å². The number of hydrazone groups is 1. The minimum atomic E-state index is -0.899. The molecule has 0 heterocycles. The van der Waals surface area contributed by atoms with Crippen LogP contribution in [0.5, 0.6) is 11.5 Å². The van der Waals surface area contributed by atoms with Crippen LogP contribution in [0.1, 0.15) is 11.1 Å². The number of phenols is 1. The first kappa shape index (κ1) is 18.5. The van der Waals surface area contributed by atoms with E-state index in [1.807, 2.05) is 13.0 Å². The number of nitrogens with zero attached hydrogens (tertiary/aromatic N) is 1. The highest BCUT2D eigenvalue weighted by molar-refractivity contribution is 9.10. The zero-order valence-corrected chi connectivity index (χ0v) is 15.1. The third kappa shape index (κ3) is 5.05. The molecule has 2 aromatic carbocycles. The van der Waals surface area contributed by atoms with Crippen LogP contribution in [0.15, 0.2) is 46.0 Å². The van der Waals surface area contributed by atoms with Crippen LogP contribution in [-0.4, -0.2) is 30.2 Å². The smallest absolute Gasteiger partial charge is 0.329 e. The molecule has 0 aliphatic rings. The number of nitrogens with one attached hydrogen (secondary N) is 2. The number of rotatable bonds is 4. The molecule has 0 aliphatic heterocycles. The van der Waals surface area contributed by atoms with Crippen molar-refractivity contribution in [1.29, 1.82) is 0 Å². The molecule has 0 aromatic heterocycles. The van der Waals surface area contributed by atoms with E-state index in [0.29, 0.717) is 11.3 Å². The summed E-state index contributed by atoms with van der Waals surface area (Å²) in [7, 11) is 1.42. The Labute approximate surface area is 152 Å². The number of aryl methyl sites for hydroxylation is 1. The molecule has 2 amide bonds. The minimum Gasteiger partial charge on any atom is -0.504 e. The van der Waals surface area contributed by atoms with Gasteiger partial charge in [0.1, 0.15) is 0 Å². The minimum absolute atomic E-state index is 0.00655. The molecule has 0 saturated carbocycles.